The van der Waals surface area contributed by atoms with Gasteiger partial charge in [0.1, 0.15) is 0 Å². The molecule has 5 heteroatoms. The van der Waals surface area contributed by atoms with Crippen LogP contribution >= 0.6 is 11.6 Å². The maximum absolute atomic E-state index is 11.7. The van der Waals surface area contributed by atoms with Crippen LogP contribution in [0, 0.1) is 11.3 Å². The molecular formula is C12H9ClN2O2. The number of ketones is 1. The van der Waals surface area contributed by atoms with Crippen LogP contribution in [-0.4, -0.2) is 18.2 Å². The monoisotopic (exact) mass is 248 g/mol. The van der Waals surface area contributed by atoms with Gasteiger partial charge in [-0.1, -0.05) is 11.6 Å². The molecule has 0 aliphatic carbocycles. The third-order valence-electron chi connectivity index (χ3n) is 2.60. The predicted octanol–water partition coefficient (Wildman–Crippen LogP) is 2.17. The van der Waals surface area contributed by atoms with E-state index in [0.717, 1.165) is 0 Å². The minimum Gasteiger partial charge on any atom is -0.305 e. The molecule has 0 unspecified atom stereocenters. The van der Waals surface area contributed by atoms with E-state index in [0.29, 0.717) is 35.7 Å². The van der Waals surface area contributed by atoms with Crippen molar-refractivity contribution in [2.24, 2.45) is 0 Å². The molecule has 4 nitrogen and oxygen atoms in total. The minimum absolute atomic E-state index is 0.355. The fourth-order valence-electron chi connectivity index (χ4n) is 1.81. The summed E-state index contributed by atoms with van der Waals surface area (Å²) >= 11 is 5.84. The zero-order valence-electron chi connectivity index (χ0n) is 8.94. The van der Waals surface area contributed by atoms with Crippen molar-refractivity contribution < 1.29 is 9.59 Å². The summed E-state index contributed by atoms with van der Waals surface area (Å²) in [5.41, 5.74) is 0.932. The average molecular weight is 249 g/mol. The van der Waals surface area contributed by atoms with Crippen molar-refractivity contribution in [2.45, 2.75) is 12.8 Å². The molecule has 0 saturated carbocycles. The molecule has 1 heterocycles. The van der Waals surface area contributed by atoms with Crippen LogP contribution in [0.3, 0.4) is 0 Å². The highest BCUT2D eigenvalue weighted by atomic mass is 35.5. The van der Waals surface area contributed by atoms with E-state index in [-0.39, 0.29) is 0 Å². The Morgan fingerprint density at radius 1 is 1.35 bits per heavy atom. The Morgan fingerprint density at radius 3 is 2.82 bits per heavy atom. The Balaban J connectivity index is 2.30. The summed E-state index contributed by atoms with van der Waals surface area (Å²) in [6.07, 6.45) is 0.898. The molecule has 0 fully saturated rings. The van der Waals surface area contributed by atoms with E-state index in [1.165, 1.54) is 4.90 Å². The zero-order valence-corrected chi connectivity index (χ0v) is 9.70. The fourth-order valence-corrected chi connectivity index (χ4v) is 1.97. The van der Waals surface area contributed by atoms with E-state index >= 15 is 0 Å². The molecule has 0 aromatic heterocycles. The number of nitriles is 1. The van der Waals surface area contributed by atoms with Crippen molar-refractivity contribution in [2.75, 3.05) is 11.4 Å². The first-order valence-corrected chi connectivity index (χ1v) is 5.55. The lowest BCUT2D eigenvalue weighted by Crippen LogP contribution is -2.30. The molecule has 0 spiro atoms. The number of hydrogen-bond donors (Lipinski definition) is 0. The first kappa shape index (κ1) is 11.6. The molecule has 0 radical (unpaired) electrons. The van der Waals surface area contributed by atoms with E-state index in [4.69, 9.17) is 16.9 Å². The summed E-state index contributed by atoms with van der Waals surface area (Å²) < 4.78 is 0. The molecule has 86 valence electrons. The van der Waals surface area contributed by atoms with Crippen molar-refractivity contribution in [3.05, 3.63) is 28.8 Å². The lowest BCUT2D eigenvalue weighted by atomic mass is 10.1. The first-order valence-electron chi connectivity index (χ1n) is 5.18. The fraction of sp³-hybridized carbons (Fsp3) is 0.250. The second-order valence-corrected chi connectivity index (χ2v) is 4.15. The topological polar surface area (TPSA) is 61.2 Å². The predicted molar refractivity (Wildman–Crippen MR) is 63.0 cm³/mol. The van der Waals surface area contributed by atoms with Gasteiger partial charge in [0.2, 0.25) is 0 Å². The molecule has 1 aliphatic rings. The van der Waals surface area contributed by atoms with Gasteiger partial charge in [-0.15, -0.1) is 0 Å². The molecule has 0 N–H and O–H groups in total. The van der Waals surface area contributed by atoms with Crippen LogP contribution in [0.2, 0.25) is 5.02 Å². The van der Waals surface area contributed by atoms with Crippen LogP contribution in [0.25, 0.3) is 0 Å². The number of amides is 1. The number of fused-ring (bicyclic) bond motifs is 1. The summed E-state index contributed by atoms with van der Waals surface area (Å²) in [6, 6.07) is 6.75. The van der Waals surface area contributed by atoms with Gasteiger partial charge < -0.3 is 4.90 Å². The molecule has 1 aliphatic heterocycles. The second kappa shape index (κ2) is 4.56. The highest BCUT2D eigenvalue weighted by molar-refractivity contribution is 6.52. The van der Waals surface area contributed by atoms with Crippen LogP contribution in [-0.2, 0) is 4.79 Å². The largest absolute Gasteiger partial charge is 0.305 e. The molecule has 2 rings (SSSR count). The molecular weight excluding hydrogens is 240 g/mol. The SMILES string of the molecule is N#CCCCN1C(=O)C(=O)c2ccc(Cl)cc21. The standard InChI is InChI=1S/C12H9ClN2O2/c13-8-3-4-9-10(7-8)15(6-2-1-5-14)12(17)11(9)16/h3-4,7H,1-2,6H2. The smallest absolute Gasteiger partial charge is 0.299 e. The highest BCUT2D eigenvalue weighted by Crippen LogP contribution is 2.31. The molecule has 0 atom stereocenters. The van der Waals surface area contributed by atoms with E-state index in [9.17, 15) is 9.59 Å². The number of Topliss-reactive ketones (excluding diaryl/α,β-unsaturated/α-hetero) is 1. The molecule has 0 bridgehead atoms. The maximum atomic E-state index is 11.7. The zero-order chi connectivity index (χ0) is 12.4. The number of carbonyl (C=O) groups excluding carboxylic acids is 2. The Bertz CT molecular complexity index is 534. The normalized spacial score (nSPS) is 13.8. The lowest BCUT2D eigenvalue weighted by molar-refractivity contribution is -0.114. The van der Waals surface area contributed by atoms with Gasteiger partial charge in [-0.2, -0.15) is 5.26 Å². The first-order chi connectivity index (χ1) is 8.15. The van der Waals surface area contributed by atoms with Crippen LogP contribution < -0.4 is 4.90 Å². The van der Waals surface area contributed by atoms with Gasteiger partial charge in [-0.25, -0.2) is 0 Å². The summed E-state index contributed by atoms with van der Waals surface area (Å²) in [5.74, 6) is -1.05. The number of hydrogen-bond acceptors (Lipinski definition) is 3. The number of halogens is 1. The lowest BCUT2D eigenvalue weighted by Gasteiger charge is -2.15. The van der Waals surface area contributed by atoms with Gasteiger partial charge in [0.15, 0.2) is 0 Å². The molecule has 17 heavy (non-hydrogen) atoms. The van der Waals surface area contributed by atoms with Gasteiger partial charge >= 0.3 is 0 Å². The van der Waals surface area contributed by atoms with Crippen molar-refractivity contribution in [3.8, 4) is 6.07 Å². The Labute approximate surface area is 103 Å². The molecule has 1 aromatic rings. The van der Waals surface area contributed by atoms with E-state index < -0.39 is 11.7 Å². The van der Waals surface area contributed by atoms with Gasteiger partial charge in [0, 0.05) is 18.0 Å². The maximum Gasteiger partial charge on any atom is 0.299 e. The summed E-state index contributed by atoms with van der Waals surface area (Å²) in [5, 5.41) is 8.94. The number of nitrogens with zero attached hydrogens (tertiary/aromatic N) is 2. The average Bonchev–Trinajstić information content (AvgIpc) is 2.54. The molecule has 0 saturated heterocycles. The van der Waals surface area contributed by atoms with Crippen molar-refractivity contribution in [1.29, 1.82) is 5.26 Å². The Kier molecular flexibility index (Phi) is 3.12. The van der Waals surface area contributed by atoms with Gasteiger partial charge in [-0.3, -0.25) is 9.59 Å². The quantitative estimate of drug-likeness (QED) is 0.608. The van der Waals surface area contributed by atoms with Gasteiger partial charge in [0.05, 0.1) is 17.3 Å². The van der Waals surface area contributed by atoms with Crippen LogP contribution in [0.15, 0.2) is 18.2 Å². The van der Waals surface area contributed by atoms with Crippen LogP contribution in [0.5, 0.6) is 0 Å². The van der Waals surface area contributed by atoms with Crippen molar-refractivity contribution >= 4 is 29.0 Å². The van der Waals surface area contributed by atoms with Crippen LogP contribution in [0.1, 0.15) is 23.2 Å². The summed E-state index contributed by atoms with van der Waals surface area (Å²) in [7, 11) is 0. The minimum atomic E-state index is -0.541. The second-order valence-electron chi connectivity index (χ2n) is 3.71. The third-order valence-corrected chi connectivity index (χ3v) is 2.84. The van der Waals surface area contributed by atoms with E-state index in [1.807, 2.05) is 6.07 Å². The van der Waals surface area contributed by atoms with Gasteiger partial charge in [0.25, 0.3) is 11.7 Å². The number of anilines is 1. The summed E-state index contributed by atoms with van der Waals surface area (Å²) in [6.45, 7) is 0.367. The van der Waals surface area contributed by atoms with Gasteiger partial charge in [-0.05, 0) is 24.6 Å². The molecule has 1 amide bonds. The number of rotatable bonds is 3. The van der Waals surface area contributed by atoms with E-state index in [2.05, 4.69) is 0 Å². The number of unbranched alkanes of at least 4 members (excludes halogenated alkanes) is 1. The molecule has 1 aromatic carbocycles. The van der Waals surface area contributed by atoms with Crippen molar-refractivity contribution in [3.63, 3.8) is 0 Å². The Morgan fingerprint density at radius 2 is 2.12 bits per heavy atom. The number of benzene rings is 1. The summed E-state index contributed by atoms with van der Waals surface area (Å²) in [4.78, 5) is 24.8. The van der Waals surface area contributed by atoms with E-state index in [1.54, 1.807) is 18.2 Å². The highest BCUT2D eigenvalue weighted by Gasteiger charge is 2.35. The van der Waals surface area contributed by atoms with Crippen molar-refractivity contribution in [1.82, 2.24) is 0 Å². The Hall–Kier alpha value is -1.86. The third kappa shape index (κ3) is 2.02. The van der Waals surface area contributed by atoms with Crippen LogP contribution in [0.4, 0.5) is 5.69 Å². The number of carbonyl (C=O) groups is 2.